The van der Waals surface area contributed by atoms with E-state index in [1.54, 1.807) is 14.0 Å². The molecule has 9 nitrogen and oxygen atoms in total. The van der Waals surface area contributed by atoms with Crippen molar-refractivity contribution in [2.45, 2.75) is 50.0 Å². The van der Waals surface area contributed by atoms with E-state index in [1.165, 1.54) is 51.5 Å². The summed E-state index contributed by atoms with van der Waals surface area (Å²) in [5, 5.41) is 13.7. The summed E-state index contributed by atoms with van der Waals surface area (Å²) in [5.74, 6) is -0.677. The number of nitrogens with zero attached hydrogens (tertiary/aromatic N) is 5. The minimum Gasteiger partial charge on any atom is -0.319 e. The predicted molar refractivity (Wildman–Crippen MR) is 120 cm³/mol. The fraction of sp³-hybridized carbons (Fsp3) is 0.364. The molecule has 0 unspecified atom stereocenters. The first-order valence-electron chi connectivity index (χ1n) is 10.7. The Hall–Kier alpha value is -3.18. The molecule has 0 spiro atoms. The van der Waals surface area contributed by atoms with Crippen molar-refractivity contribution in [2.75, 3.05) is 12.4 Å². The highest BCUT2D eigenvalue weighted by atomic mass is 32.2. The maximum Gasteiger partial charge on any atom is 0.255 e. The number of benzene rings is 2. The number of halogens is 1. The molecule has 4 rings (SSSR count). The Morgan fingerprint density at radius 3 is 2.45 bits per heavy atom. The van der Waals surface area contributed by atoms with E-state index < -0.39 is 21.7 Å². The molecule has 11 heteroatoms. The van der Waals surface area contributed by atoms with Crippen LogP contribution in [-0.4, -0.2) is 51.9 Å². The fourth-order valence-electron chi connectivity index (χ4n) is 3.99. The second kappa shape index (κ2) is 9.36. The molecule has 0 saturated heterocycles. The average molecular weight is 473 g/mol. The predicted octanol–water partition coefficient (Wildman–Crippen LogP) is 3.32. The topological polar surface area (TPSA) is 110 Å². The van der Waals surface area contributed by atoms with Crippen molar-refractivity contribution in [3.8, 4) is 5.69 Å². The molecule has 0 atom stereocenters. The summed E-state index contributed by atoms with van der Waals surface area (Å²) >= 11 is 0. The quantitative estimate of drug-likeness (QED) is 0.589. The molecule has 1 aromatic heterocycles. The Morgan fingerprint density at radius 1 is 1.12 bits per heavy atom. The van der Waals surface area contributed by atoms with Gasteiger partial charge in [-0.25, -0.2) is 12.8 Å². The van der Waals surface area contributed by atoms with Gasteiger partial charge in [-0.2, -0.15) is 8.99 Å². The highest BCUT2D eigenvalue weighted by Crippen LogP contribution is 2.27. The number of carbonyl (C=O) groups is 1. The van der Waals surface area contributed by atoms with Gasteiger partial charge in [0.1, 0.15) is 5.82 Å². The van der Waals surface area contributed by atoms with Crippen LogP contribution in [0, 0.1) is 12.7 Å². The van der Waals surface area contributed by atoms with Crippen molar-refractivity contribution in [1.29, 1.82) is 0 Å². The number of sulfonamides is 1. The van der Waals surface area contributed by atoms with Gasteiger partial charge >= 0.3 is 0 Å². The fourth-order valence-corrected chi connectivity index (χ4v) is 5.41. The normalized spacial score (nSPS) is 15.0. The van der Waals surface area contributed by atoms with Crippen LogP contribution in [0.4, 0.5) is 10.1 Å². The van der Waals surface area contributed by atoms with Crippen LogP contribution in [0.3, 0.4) is 0 Å². The van der Waals surface area contributed by atoms with E-state index in [9.17, 15) is 17.6 Å². The van der Waals surface area contributed by atoms with Crippen LogP contribution >= 0.6 is 0 Å². The molecule has 33 heavy (non-hydrogen) atoms. The lowest BCUT2D eigenvalue weighted by Gasteiger charge is -2.30. The number of amides is 1. The number of carbonyl (C=O) groups excluding carboxylic acids is 1. The van der Waals surface area contributed by atoms with Gasteiger partial charge in [0.2, 0.25) is 10.0 Å². The van der Waals surface area contributed by atoms with Crippen molar-refractivity contribution >= 4 is 21.6 Å². The average Bonchev–Trinajstić information content (AvgIpc) is 3.26. The molecule has 3 aromatic rings. The second-order valence-electron chi connectivity index (χ2n) is 8.09. The van der Waals surface area contributed by atoms with Crippen molar-refractivity contribution < 1.29 is 17.6 Å². The monoisotopic (exact) mass is 472 g/mol. The summed E-state index contributed by atoms with van der Waals surface area (Å²) in [4.78, 5) is 12.8. The summed E-state index contributed by atoms with van der Waals surface area (Å²) in [5.41, 5.74) is 0.653. The van der Waals surface area contributed by atoms with Crippen LogP contribution in [0.1, 0.15) is 48.3 Å². The lowest BCUT2D eigenvalue weighted by molar-refractivity contribution is 0.102. The maximum absolute atomic E-state index is 14.3. The molecule has 0 bridgehead atoms. The Morgan fingerprint density at radius 2 is 1.82 bits per heavy atom. The van der Waals surface area contributed by atoms with Gasteiger partial charge in [-0.1, -0.05) is 19.3 Å². The van der Waals surface area contributed by atoms with Gasteiger partial charge in [0.15, 0.2) is 5.82 Å². The van der Waals surface area contributed by atoms with E-state index in [0.717, 1.165) is 32.1 Å². The largest absolute Gasteiger partial charge is 0.319 e. The minimum atomic E-state index is -3.66. The molecule has 2 aromatic carbocycles. The van der Waals surface area contributed by atoms with Crippen LogP contribution in [0.25, 0.3) is 5.69 Å². The molecular formula is C22H25FN6O3S. The number of aryl methyl sites for hydroxylation is 1. The summed E-state index contributed by atoms with van der Waals surface area (Å²) in [6.07, 6.45) is 4.88. The van der Waals surface area contributed by atoms with E-state index in [1.807, 2.05) is 0 Å². The third-order valence-corrected chi connectivity index (χ3v) is 7.87. The standard InChI is InChI=1S/C22H25FN6O3S/c1-15-25-26-27-29(15)18-10-13-20(23)21(14-18)24-22(30)16-8-11-19(12-9-16)33(31,32)28(2)17-6-4-3-5-7-17/h8-14,17H,3-7H2,1-2H3,(H,24,30). The van der Waals surface area contributed by atoms with Gasteiger partial charge in [-0.05, 0) is 72.7 Å². The summed E-state index contributed by atoms with van der Waals surface area (Å²) in [6, 6.07) is 9.77. The molecule has 174 valence electrons. The minimum absolute atomic E-state index is 0.00852. The van der Waals surface area contributed by atoms with Crippen LogP contribution in [-0.2, 0) is 10.0 Å². The molecule has 1 aliphatic carbocycles. The van der Waals surface area contributed by atoms with E-state index in [-0.39, 0.29) is 22.2 Å². The molecule has 1 amide bonds. The SMILES string of the molecule is Cc1nnnn1-c1ccc(F)c(NC(=O)c2ccc(S(=O)(=O)N(C)C3CCCCC3)cc2)c1. The lowest BCUT2D eigenvalue weighted by atomic mass is 9.96. The summed E-state index contributed by atoms with van der Waals surface area (Å²) in [7, 11) is -2.06. The Kier molecular flexibility index (Phi) is 6.52. The zero-order chi connectivity index (χ0) is 23.6. The number of tetrazole rings is 1. The van der Waals surface area contributed by atoms with Gasteiger partial charge in [-0.3, -0.25) is 4.79 Å². The summed E-state index contributed by atoms with van der Waals surface area (Å²) < 4.78 is 43.1. The molecular weight excluding hydrogens is 447 g/mol. The maximum atomic E-state index is 14.3. The van der Waals surface area contributed by atoms with Crippen LogP contribution in [0.15, 0.2) is 47.4 Å². The number of anilines is 1. The number of aromatic nitrogens is 4. The van der Waals surface area contributed by atoms with Gasteiger partial charge in [0.25, 0.3) is 5.91 Å². The van der Waals surface area contributed by atoms with Gasteiger partial charge in [0, 0.05) is 18.7 Å². The number of hydrogen-bond acceptors (Lipinski definition) is 6. The molecule has 0 radical (unpaired) electrons. The number of rotatable bonds is 6. The zero-order valence-electron chi connectivity index (χ0n) is 18.4. The van der Waals surface area contributed by atoms with Crippen LogP contribution in [0.2, 0.25) is 0 Å². The van der Waals surface area contributed by atoms with Gasteiger partial charge in [0.05, 0.1) is 16.3 Å². The second-order valence-corrected chi connectivity index (χ2v) is 10.1. The summed E-state index contributed by atoms with van der Waals surface area (Å²) in [6.45, 7) is 1.70. The number of hydrogen-bond donors (Lipinski definition) is 1. The highest BCUT2D eigenvalue weighted by molar-refractivity contribution is 7.89. The smallest absolute Gasteiger partial charge is 0.255 e. The first-order valence-corrected chi connectivity index (χ1v) is 12.2. The van der Waals surface area contributed by atoms with Crippen LogP contribution < -0.4 is 5.32 Å². The third-order valence-electron chi connectivity index (χ3n) is 5.95. The third kappa shape index (κ3) is 4.79. The van der Waals surface area contributed by atoms with Crippen LogP contribution in [0.5, 0.6) is 0 Å². The van der Waals surface area contributed by atoms with Crippen molar-refractivity contribution in [1.82, 2.24) is 24.5 Å². The van der Waals surface area contributed by atoms with Crippen molar-refractivity contribution in [3.63, 3.8) is 0 Å². The first-order chi connectivity index (χ1) is 15.8. The lowest BCUT2D eigenvalue weighted by Crippen LogP contribution is -2.38. The zero-order valence-corrected chi connectivity index (χ0v) is 19.2. The first kappa shape index (κ1) is 23.0. The highest BCUT2D eigenvalue weighted by Gasteiger charge is 2.29. The van der Waals surface area contributed by atoms with Gasteiger partial charge < -0.3 is 5.32 Å². The Bertz CT molecular complexity index is 1250. The van der Waals surface area contributed by atoms with Gasteiger partial charge in [-0.15, -0.1) is 5.10 Å². The van der Waals surface area contributed by atoms with E-state index in [0.29, 0.717) is 11.5 Å². The van der Waals surface area contributed by atoms with Crippen molar-refractivity contribution in [2.24, 2.45) is 0 Å². The molecule has 1 N–H and O–H groups in total. The number of nitrogens with one attached hydrogen (secondary N) is 1. The Labute approximate surface area is 191 Å². The molecule has 1 heterocycles. The molecule has 1 saturated carbocycles. The van der Waals surface area contributed by atoms with Crippen molar-refractivity contribution in [3.05, 3.63) is 59.7 Å². The molecule has 1 aliphatic rings. The molecule has 0 aliphatic heterocycles. The Balaban J connectivity index is 1.50. The van der Waals surface area contributed by atoms with E-state index in [4.69, 9.17) is 0 Å². The van der Waals surface area contributed by atoms with E-state index >= 15 is 0 Å². The molecule has 1 fully saturated rings. The van der Waals surface area contributed by atoms with E-state index in [2.05, 4.69) is 20.8 Å².